The monoisotopic (exact) mass is 401 g/mol. The molecular weight excluding hydrogens is 378 g/mol. The molecule has 7 rings (SSSR count). The Morgan fingerprint density at radius 1 is 1.46 bits per heavy atom. The molecule has 5 nitrogen and oxygen atoms in total. The number of phenols is 1. The predicted molar refractivity (Wildman–Crippen MR) is 104 cm³/mol. The molecule has 1 aromatic rings. The van der Waals surface area contributed by atoms with Crippen LogP contribution in [0.5, 0.6) is 11.5 Å². The van der Waals surface area contributed by atoms with Gasteiger partial charge in [0, 0.05) is 33.4 Å². The molecule has 0 unspecified atom stereocenters. The second-order valence-electron chi connectivity index (χ2n) is 9.07. The van der Waals surface area contributed by atoms with Gasteiger partial charge in [0.05, 0.1) is 12.5 Å². The average molecular weight is 402 g/mol. The minimum Gasteiger partial charge on any atom is -0.504 e. The Hall–Kier alpha value is -1.72. The van der Waals surface area contributed by atoms with E-state index in [-0.39, 0.29) is 46.5 Å². The zero-order valence-electron chi connectivity index (χ0n) is 16.1. The van der Waals surface area contributed by atoms with Crippen molar-refractivity contribution in [3.63, 3.8) is 0 Å². The van der Waals surface area contributed by atoms with Crippen LogP contribution in [0.1, 0.15) is 30.9 Å². The average Bonchev–Trinajstić information content (AvgIpc) is 3.02. The Balaban J connectivity index is 1.64. The number of carbonyl (C=O) groups excluding carboxylic acids is 1. The summed E-state index contributed by atoms with van der Waals surface area (Å²) in [5.41, 5.74) is 1.94. The first kappa shape index (κ1) is 17.2. The number of likely N-dealkylation sites (N-methyl/N-ethyl adjacent to an activating group) is 1. The van der Waals surface area contributed by atoms with E-state index in [4.69, 9.17) is 21.1 Å². The maximum Gasteiger partial charge on any atom is 0.309 e. The van der Waals surface area contributed by atoms with E-state index in [1.54, 1.807) is 6.07 Å². The lowest BCUT2D eigenvalue weighted by atomic mass is 9.38. The third-order valence-electron chi connectivity index (χ3n) is 8.25. The van der Waals surface area contributed by atoms with Gasteiger partial charge in [0.25, 0.3) is 0 Å². The zero-order chi connectivity index (χ0) is 19.4. The summed E-state index contributed by atoms with van der Waals surface area (Å²) in [6.45, 7) is 3.18. The fourth-order valence-corrected chi connectivity index (χ4v) is 7.81. The minimum absolute atomic E-state index is 0.178. The van der Waals surface area contributed by atoms with Crippen LogP contribution in [0.3, 0.4) is 0 Å². The summed E-state index contributed by atoms with van der Waals surface area (Å²) in [5, 5.41) is 11.3. The molecule has 0 radical (unpaired) electrons. The summed E-state index contributed by atoms with van der Waals surface area (Å²) >= 11 is 6.84. The molecule has 2 spiro atoms. The Morgan fingerprint density at radius 2 is 2.29 bits per heavy atom. The van der Waals surface area contributed by atoms with Gasteiger partial charge >= 0.3 is 5.97 Å². The van der Waals surface area contributed by atoms with E-state index in [9.17, 15) is 9.90 Å². The van der Waals surface area contributed by atoms with Crippen molar-refractivity contribution in [1.29, 1.82) is 0 Å². The van der Waals surface area contributed by atoms with E-state index in [2.05, 4.69) is 24.1 Å². The highest BCUT2D eigenvalue weighted by molar-refractivity contribution is 6.30. The summed E-state index contributed by atoms with van der Waals surface area (Å²) in [4.78, 5) is 15.3. The molecule has 1 aromatic carbocycles. The normalized spacial score (nSPS) is 41.9. The molecular formula is C22H24ClNO4. The molecule has 6 atom stereocenters. The first-order chi connectivity index (χ1) is 13.4. The van der Waals surface area contributed by atoms with E-state index >= 15 is 0 Å². The smallest absolute Gasteiger partial charge is 0.309 e. The fourth-order valence-electron chi connectivity index (χ4n) is 7.35. The van der Waals surface area contributed by atoms with Crippen molar-refractivity contribution < 1.29 is 19.4 Å². The van der Waals surface area contributed by atoms with Gasteiger partial charge in [-0.05, 0) is 51.4 Å². The number of piperidine rings is 1. The molecule has 4 bridgehead atoms. The number of likely N-dealkylation sites (tertiary alicyclic amines) is 1. The Morgan fingerprint density at radius 3 is 3.07 bits per heavy atom. The van der Waals surface area contributed by atoms with Gasteiger partial charge < -0.3 is 19.5 Å². The van der Waals surface area contributed by atoms with Crippen molar-refractivity contribution in [1.82, 2.24) is 4.90 Å². The highest BCUT2D eigenvalue weighted by Gasteiger charge is 2.76. The maximum atomic E-state index is 12.9. The molecule has 28 heavy (non-hydrogen) atoms. The lowest BCUT2D eigenvalue weighted by Gasteiger charge is -2.68. The first-order valence-corrected chi connectivity index (χ1v) is 10.6. The lowest BCUT2D eigenvalue weighted by molar-refractivity contribution is -0.171. The number of hydrogen-bond donors (Lipinski definition) is 1. The highest BCUT2D eigenvalue weighted by atomic mass is 35.5. The second kappa shape index (κ2) is 5.25. The van der Waals surface area contributed by atoms with Crippen LogP contribution in [0.15, 0.2) is 23.2 Å². The topological polar surface area (TPSA) is 59.0 Å². The molecule has 1 saturated heterocycles. The number of benzene rings is 1. The van der Waals surface area contributed by atoms with Gasteiger partial charge in [-0.3, -0.25) is 4.79 Å². The van der Waals surface area contributed by atoms with E-state index in [0.29, 0.717) is 12.4 Å². The van der Waals surface area contributed by atoms with Gasteiger partial charge in [-0.15, -0.1) is 0 Å². The number of nitrogens with zero attached hydrogens (tertiary/aromatic N) is 1. The number of carbonyl (C=O) groups is 1. The van der Waals surface area contributed by atoms with Crippen molar-refractivity contribution in [2.24, 2.45) is 17.3 Å². The third kappa shape index (κ3) is 1.65. The SMILES string of the molecule is CCOC(=O)[C@H]1C[C@@]23C=C(Cl)[C@H]1[C@@H]1Oc4c(O)ccc5c4[C@@]12CCN(C)[C@@H]3C5. The summed E-state index contributed by atoms with van der Waals surface area (Å²) < 4.78 is 11.9. The van der Waals surface area contributed by atoms with E-state index in [1.165, 1.54) is 11.1 Å². The van der Waals surface area contributed by atoms with E-state index in [1.807, 2.05) is 6.92 Å². The number of esters is 1. The van der Waals surface area contributed by atoms with Crippen LogP contribution in [0.25, 0.3) is 0 Å². The van der Waals surface area contributed by atoms with Gasteiger partial charge in [0.2, 0.25) is 0 Å². The number of rotatable bonds is 2. The van der Waals surface area contributed by atoms with Crippen molar-refractivity contribution in [2.45, 2.75) is 43.7 Å². The first-order valence-electron chi connectivity index (χ1n) is 10.2. The molecule has 0 aromatic heterocycles. The number of aromatic hydroxyl groups is 1. The van der Waals surface area contributed by atoms with Crippen molar-refractivity contribution in [2.75, 3.05) is 20.2 Å². The largest absolute Gasteiger partial charge is 0.504 e. The van der Waals surface area contributed by atoms with Crippen LogP contribution in [0, 0.1) is 17.3 Å². The number of hydrogen-bond acceptors (Lipinski definition) is 5. The van der Waals surface area contributed by atoms with E-state index < -0.39 is 0 Å². The van der Waals surface area contributed by atoms with Crippen molar-refractivity contribution >= 4 is 17.6 Å². The fraction of sp³-hybridized carbons (Fsp3) is 0.591. The van der Waals surface area contributed by atoms with Crippen molar-refractivity contribution in [3.05, 3.63) is 34.4 Å². The molecule has 4 aliphatic carbocycles. The van der Waals surface area contributed by atoms with Gasteiger partial charge in [0.1, 0.15) is 6.10 Å². The lowest BCUT2D eigenvalue weighted by Crippen LogP contribution is -2.74. The quantitative estimate of drug-likeness (QED) is 0.772. The summed E-state index contributed by atoms with van der Waals surface area (Å²) in [7, 11) is 2.17. The molecule has 1 saturated carbocycles. The van der Waals surface area contributed by atoms with Gasteiger partial charge in [-0.25, -0.2) is 0 Å². The second-order valence-corrected chi connectivity index (χ2v) is 9.50. The Bertz CT molecular complexity index is 945. The molecule has 6 aliphatic rings. The number of ether oxygens (including phenoxy) is 2. The molecule has 1 N–H and O–H groups in total. The van der Waals surface area contributed by atoms with Crippen molar-refractivity contribution in [3.8, 4) is 11.5 Å². The zero-order valence-corrected chi connectivity index (χ0v) is 16.8. The molecule has 6 heteroatoms. The van der Waals surface area contributed by atoms with Crippen LogP contribution in [0.4, 0.5) is 0 Å². The third-order valence-corrected chi connectivity index (χ3v) is 8.61. The van der Waals surface area contributed by atoms with Crippen LogP contribution in [-0.4, -0.2) is 48.3 Å². The van der Waals surface area contributed by atoms with Crippen LogP contribution < -0.4 is 4.74 Å². The van der Waals surface area contributed by atoms with Gasteiger partial charge in [-0.1, -0.05) is 23.7 Å². The molecule has 2 heterocycles. The summed E-state index contributed by atoms with van der Waals surface area (Å²) in [6.07, 6.45) is 4.57. The van der Waals surface area contributed by atoms with Crippen LogP contribution in [-0.2, 0) is 21.4 Å². The standard InChI is InChI=1S/C22H24ClNO4/c1-3-27-20(26)12-9-21-10-13(23)16(12)19-22(21)6-7-24(2)15(21)8-11-4-5-14(25)18(28-19)17(11)22/h4-5,10,12,15-16,19,25H,3,6-9H2,1-2H3/t12-,15+,16-,19-,21-,22-/m0/s1. The predicted octanol–water partition coefficient (Wildman–Crippen LogP) is 2.97. The highest BCUT2D eigenvalue weighted by Crippen LogP contribution is 2.74. The molecule has 2 fully saturated rings. The van der Waals surface area contributed by atoms with Gasteiger partial charge in [-0.2, -0.15) is 0 Å². The molecule has 0 amide bonds. The van der Waals surface area contributed by atoms with Crippen LogP contribution >= 0.6 is 11.6 Å². The Labute approximate surface area is 169 Å². The molecule has 2 aliphatic heterocycles. The molecule has 148 valence electrons. The maximum absolute atomic E-state index is 12.9. The minimum atomic E-state index is -0.303. The number of fused-ring (bicyclic) bond motifs is 1. The summed E-state index contributed by atoms with van der Waals surface area (Å²) in [6, 6.07) is 4.05. The summed E-state index contributed by atoms with van der Waals surface area (Å²) in [5.74, 6) is 0.109. The Kier molecular flexibility index (Phi) is 3.22. The van der Waals surface area contributed by atoms with E-state index in [0.717, 1.165) is 30.8 Å². The number of phenolic OH excluding ortho intramolecular Hbond substituents is 1. The van der Waals surface area contributed by atoms with Gasteiger partial charge in [0.15, 0.2) is 11.5 Å². The number of halogens is 1. The van der Waals surface area contributed by atoms with Crippen LogP contribution in [0.2, 0.25) is 0 Å².